The Bertz CT molecular complexity index is 763. The number of hydrogen-bond acceptors (Lipinski definition) is 4. The Balaban J connectivity index is 1.53. The molecule has 2 N–H and O–H groups in total. The van der Waals surface area contributed by atoms with Crippen LogP contribution in [0.15, 0.2) is 12.1 Å². The minimum absolute atomic E-state index is 0.00545. The number of likely N-dealkylation sites (tertiary alicyclic amines) is 1. The summed E-state index contributed by atoms with van der Waals surface area (Å²) in [6.07, 6.45) is 2.16. The van der Waals surface area contributed by atoms with Crippen molar-refractivity contribution in [2.24, 2.45) is 0 Å². The van der Waals surface area contributed by atoms with Crippen LogP contribution in [0.25, 0.3) is 0 Å². The van der Waals surface area contributed by atoms with Crippen molar-refractivity contribution in [2.45, 2.75) is 37.6 Å². The van der Waals surface area contributed by atoms with E-state index < -0.39 is 12.1 Å². The zero-order valence-corrected chi connectivity index (χ0v) is 16.4. The number of carbonyl (C=O) groups excluding carboxylic acids is 3. The summed E-state index contributed by atoms with van der Waals surface area (Å²) in [7, 11) is 1.55. The Morgan fingerprint density at radius 2 is 1.96 bits per heavy atom. The first-order chi connectivity index (χ1) is 12.9. The number of piperidine rings is 1. The first-order valence-electron chi connectivity index (χ1n) is 8.81. The summed E-state index contributed by atoms with van der Waals surface area (Å²) in [5.74, 6) is 0.446. The van der Waals surface area contributed by atoms with Gasteiger partial charge >= 0.3 is 6.03 Å². The van der Waals surface area contributed by atoms with Crippen LogP contribution >= 0.6 is 23.2 Å². The predicted molar refractivity (Wildman–Crippen MR) is 101 cm³/mol. The largest absolute Gasteiger partial charge is 0.495 e. The number of methoxy groups -OCH3 is 1. The van der Waals surface area contributed by atoms with Crippen LogP contribution in [-0.2, 0) is 9.59 Å². The lowest BCUT2D eigenvalue weighted by atomic mass is 9.89. The van der Waals surface area contributed by atoms with Crippen LogP contribution in [0, 0.1) is 0 Å². The fourth-order valence-corrected chi connectivity index (χ4v) is 3.92. The molecule has 0 radical (unpaired) electrons. The Labute approximate surface area is 167 Å². The number of benzene rings is 1. The first kappa shape index (κ1) is 19.8. The number of urea groups is 1. The number of nitrogens with one attached hydrogen (secondary N) is 2. The molecule has 9 heteroatoms. The first-order valence-corrected chi connectivity index (χ1v) is 9.56. The molecule has 1 atom stereocenters. The molecule has 2 aliphatic rings. The van der Waals surface area contributed by atoms with Crippen LogP contribution in [0.5, 0.6) is 5.75 Å². The van der Waals surface area contributed by atoms with Gasteiger partial charge in [-0.25, -0.2) is 4.79 Å². The van der Waals surface area contributed by atoms with Gasteiger partial charge in [0.2, 0.25) is 5.91 Å². The molecule has 0 bridgehead atoms. The average molecular weight is 414 g/mol. The molecule has 0 spiro atoms. The fraction of sp³-hybridized carbons (Fsp3) is 0.500. The number of carbonyl (C=O) groups is 3. The normalized spacial score (nSPS) is 20.4. The van der Waals surface area contributed by atoms with Crippen LogP contribution < -0.4 is 15.4 Å². The van der Waals surface area contributed by atoms with Crippen LogP contribution in [0.1, 0.15) is 37.2 Å². The van der Waals surface area contributed by atoms with Crippen molar-refractivity contribution in [3.05, 3.63) is 27.7 Å². The third-order valence-electron chi connectivity index (χ3n) is 5.06. The SMILES string of the molecule is COc1cc(C2CCN(C(=O)CC[C@H]3NC(=O)NC3=O)CC2)cc(Cl)c1Cl. The van der Waals surface area contributed by atoms with Crippen LogP contribution in [-0.4, -0.2) is 49.0 Å². The molecule has 2 fully saturated rings. The molecular formula is C18H21Cl2N3O4. The van der Waals surface area contributed by atoms with Gasteiger partial charge in [0.25, 0.3) is 5.91 Å². The van der Waals surface area contributed by atoms with E-state index in [0.29, 0.717) is 35.3 Å². The molecule has 0 saturated carbocycles. The molecule has 3 rings (SSSR count). The van der Waals surface area contributed by atoms with Gasteiger partial charge in [0, 0.05) is 19.5 Å². The number of halogens is 2. The van der Waals surface area contributed by atoms with Gasteiger partial charge in [0.15, 0.2) is 0 Å². The molecule has 0 unspecified atom stereocenters. The maximum absolute atomic E-state index is 12.4. The molecule has 4 amide bonds. The van der Waals surface area contributed by atoms with E-state index in [1.165, 1.54) is 0 Å². The van der Waals surface area contributed by atoms with Gasteiger partial charge in [0.05, 0.1) is 12.1 Å². The van der Waals surface area contributed by atoms with Crippen LogP contribution in [0.3, 0.4) is 0 Å². The number of imide groups is 1. The highest BCUT2D eigenvalue weighted by molar-refractivity contribution is 6.43. The molecule has 2 heterocycles. The summed E-state index contributed by atoms with van der Waals surface area (Å²) in [5.41, 5.74) is 1.05. The van der Waals surface area contributed by atoms with Crippen molar-refractivity contribution >= 4 is 41.0 Å². The third kappa shape index (κ3) is 4.47. The van der Waals surface area contributed by atoms with Crippen molar-refractivity contribution in [3.8, 4) is 5.75 Å². The summed E-state index contributed by atoms with van der Waals surface area (Å²) in [6.45, 7) is 1.27. The molecule has 1 aromatic rings. The van der Waals surface area contributed by atoms with Crippen molar-refractivity contribution in [1.82, 2.24) is 15.5 Å². The van der Waals surface area contributed by atoms with Crippen molar-refractivity contribution in [3.63, 3.8) is 0 Å². The Kier molecular flexibility index (Phi) is 6.11. The minimum atomic E-state index is -0.623. The van der Waals surface area contributed by atoms with E-state index in [0.717, 1.165) is 18.4 Å². The number of nitrogens with zero attached hydrogens (tertiary/aromatic N) is 1. The summed E-state index contributed by atoms with van der Waals surface area (Å²) >= 11 is 12.3. The molecule has 27 heavy (non-hydrogen) atoms. The van der Waals surface area contributed by atoms with Gasteiger partial charge in [-0.1, -0.05) is 23.2 Å². The smallest absolute Gasteiger partial charge is 0.322 e. The molecular weight excluding hydrogens is 393 g/mol. The lowest BCUT2D eigenvalue weighted by molar-refractivity contribution is -0.132. The maximum atomic E-state index is 12.4. The van der Waals surface area contributed by atoms with Crippen molar-refractivity contribution in [2.75, 3.05) is 20.2 Å². The molecule has 0 aliphatic carbocycles. The second-order valence-corrected chi connectivity index (χ2v) is 7.51. The lowest BCUT2D eigenvalue weighted by Gasteiger charge is -2.32. The molecule has 7 nitrogen and oxygen atoms in total. The van der Waals surface area contributed by atoms with E-state index in [2.05, 4.69) is 10.6 Å². The summed E-state index contributed by atoms with van der Waals surface area (Å²) in [6, 6.07) is 2.63. The van der Waals surface area contributed by atoms with Gasteiger partial charge in [0.1, 0.15) is 16.8 Å². The van der Waals surface area contributed by atoms with Crippen LogP contribution in [0.4, 0.5) is 4.79 Å². The van der Waals surface area contributed by atoms with Gasteiger partial charge in [-0.2, -0.15) is 0 Å². The molecule has 1 aromatic carbocycles. The summed E-state index contributed by atoms with van der Waals surface area (Å²) in [4.78, 5) is 36.8. The Morgan fingerprint density at radius 3 is 2.56 bits per heavy atom. The molecule has 0 aromatic heterocycles. The summed E-state index contributed by atoms with van der Waals surface area (Å²) in [5, 5.41) is 5.53. The number of ether oxygens (including phenoxy) is 1. The van der Waals surface area contributed by atoms with E-state index >= 15 is 0 Å². The number of amides is 4. The van der Waals surface area contributed by atoms with Gasteiger partial charge < -0.3 is 15.0 Å². The van der Waals surface area contributed by atoms with Crippen LogP contribution in [0.2, 0.25) is 10.0 Å². The highest BCUT2D eigenvalue weighted by atomic mass is 35.5. The lowest BCUT2D eigenvalue weighted by Crippen LogP contribution is -2.39. The van der Waals surface area contributed by atoms with Crippen molar-refractivity contribution in [1.29, 1.82) is 0 Å². The third-order valence-corrected chi connectivity index (χ3v) is 5.85. The molecule has 2 aliphatic heterocycles. The van der Waals surface area contributed by atoms with E-state index in [-0.39, 0.29) is 24.2 Å². The van der Waals surface area contributed by atoms with Gasteiger partial charge in [-0.3, -0.25) is 14.9 Å². The average Bonchev–Trinajstić information content (AvgIpc) is 2.99. The van der Waals surface area contributed by atoms with E-state index in [9.17, 15) is 14.4 Å². The van der Waals surface area contributed by atoms with Gasteiger partial charge in [-0.15, -0.1) is 0 Å². The fourth-order valence-electron chi connectivity index (χ4n) is 3.52. The second-order valence-electron chi connectivity index (χ2n) is 6.73. The number of hydrogen-bond donors (Lipinski definition) is 2. The van der Waals surface area contributed by atoms with Gasteiger partial charge in [-0.05, 0) is 42.9 Å². The maximum Gasteiger partial charge on any atom is 0.322 e. The minimum Gasteiger partial charge on any atom is -0.495 e. The monoisotopic (exact) mass is 413 g/mol. The Morgan fingerprint density at radius 1 is 1.26 bits per heavy atom. The second kappa shape index (κ2) is 8.35. The zero-order chi connectivity index (χ0) is 19.6. The number of rotatable bonds is 5. The zero-order valence-electron chi connectivity index (χ0n) is 14.9. The standard InChI is InChI=1S/C18H21Cl2N3O4/c1-27-14-9-11(8-12(19)16(14)20)10-4-6-23(7-5-10)15(24)3-2-13-17(25)22-18(26)21-13/h8-10,13H,2-7H2,1H3,(H2,21,22,25,26)/t13-/m1/s1. The van der Waals surface area contributed by atoms with E-state index in [1.807, 2.05) is 12.1 Å². The van der Waals surface area contributed by atoms with E-state index in [4.69, 9.17) is 27.9 Å². The molecule has 146 valence electrons. The van der Waals surface area contributed by atoms with E-state index in [1.54, 1.807) is 12.0 Å². The predicted octanol–water partition coefficient (Wildman–Crippen LogP) is 2.70. The molecule has 2 saturated heterocycles. The Hall–Kier alpha value is -1.99. The summed E-state index contributed by atoms with van der Waals surface area (Å²) < 4.78 is 5.27. The topological polar surface area (TPSA) is 87.7 Å². The quantitative estimate of drug-likeness (QED) is 0.726. The highest BCUT2D eigenvalue weighted by Crippen LogP contribution is 2.38. The van der Waals surface area contributed by atoms with Crippen molar-refractivity contribution < 1.29 is 19.1 Å². The highest BCUT2D eigenvalue weighted by Gasteiger charge is 2.31.